The van der Waals surface area contributed by atoms with Gasteiger partial charge in [-0.2, -0.15) is 0 Å². The maximum absolute atomic E-state index is 5.72. The van der Waals surface area contributed by atoms with Crippen molar-refractivity contribution in [3.05, 3.63) is 0 Å². The Kier molecular flexibility index (Phi) is 5.58. The van der Waals surface area contributed by atoms with Crippen LogP contribution in [0.25, 0.3) is 0 Å². The standard InChI is InChI=1S/C12H25NO2/c1-11(13-2)12(6-4-5-7-12)10-15-9-8-14-3/h11,13H,4-10H2,1-3H3. The lowest BCUT2D eigenvalue weighted by Gasteiger charge is -2.35. The van der Waals surface area contributed by atoms with Gasteiger partial charge in [0.25, 0.3) is 0 Å². The maximum atomic E-state index is 5.72. The van der Waals surface area contributed by atoms with E-state index in [2.05, 4.69) is 12.2 Å². The average molecular weight is 215 g/mol. The predicted molar refractivity (Wildman–Crippen MR) is 62.1 cm³/mol. The van der Waals surface area contributed by atoms with Gasteiger partial charge in [0.05, 0.1) is 19.8 Å². The summed E-state index contributed by atoms with van der Waals surface area (Å²) in [5, 5.41) is 3.38. The molecular formula is C12H25NO2. The Morgan fingerprint density at radius 2 is 1.93 bits per heavy atom. The van der Waals surface area contributed by atoms with Crippen LogP contribution in [0.1, 0.15) is 32.6 Å². The first-order valence-electron chi connectivity index (χ1n) is 5.99. The Hall–Kier alpha value is -0.120. The normalized spacial score (nSPS) is 21.8. The van der Waals surface area contributed by atoms with Crippen molar-refractivity contribution in [1.29, 1.82) is 0 Å². The van der Waals surface area contributed by atoms with Gasteiger partial charge in [-0.25, -0.2) is 0 Å². The Morgan fingerprint density at radius 3 is 2.47 bits per heavy atom. The minimum atomic E-state index is 0.364. The van der Waals surface area contributed by atoms with Gasteiger partial charge in [0.15, 0.2) is 0 Å². The van der Waals surface area contributed by atoms with Crippen molar-refractivity contribution < 1.29 is 9.47 Å². The van der Waals surface area contributed by atoms with Gasteiger partial charge in [-0.15, -0.1) is 0 Å². The molecule has 1 fully saturated rings. The van der Waals surface area contributed by atoms with Crippen molar-refractivity contribution in [2.75, 3.05) is 34.0 Å². The second kappa shape index (κ2) is 6.46. The number of hydrogen-bond donors (Lipinski definition) is 1. The quantitative estimate of drug-likeness (QED) is 0.657. The van der Waals surface area contributed by atoms with Crippen molar-refractivity contribution >= 4 is 0 Å². The van der Waals surface area contributed by atoms with Gasteiger partial charge in [-0.05, 0) is 26.8 Å². The van der Waals surface area contributed by atoms with Crippen LogP contribution in [-0.2, 0) is 9.47 Å². The number of rotatable bonds is 7. The molecule has 0 amide bonds. The summed E-state index contributed by atoms with van der Waals surface area (Å²) in [7, 11) is 3.75. The van der Waals surface area contributed by atoms with Crippen molar-refractivity contribution in [2.24, 2.45) is 5.41 Å². The van der Waals surface area contributed by atoms with Crippen LogP contribution < -0.4 is 5.32 Å². The zero-order valence-electron chi connectivity index (χ0n) is 10.3. The number of ether oxygens (including phenoxy) is 2. The van der Waals surface area contributed by atoms with Crippen LogP contribution in [0.15, 0.2) is 0 Å². The largest absolute Gasteiger partial charge is 0.382 e. The molecule has 90 valence electrons. The van der Waals surface area contributed by atoms with E-state index in [1.54, 1.807) is 7.11 Å². The minimum absolute atomic E-state index is 0.364. The molecule has 0 radical (unpaired) electrons. The van der Waals surface area contributed by atoms with Gasteiger partial charge < -0.3 is 14.8 Å². The molecule has 1 atom stereocenters. The first-order valence-corrected chi connectivity index (χ1v) is 5.99. The van der Waals surface area contributed by atoms with Crippen molar-refractivity contribution in [3.8, 4) is 0 Å². The zero-order chi connectivity index (χ0) is 11.1. The van der Waals surface area contributed by atoms with Gasteiger partial charge in [-0.1, -0.05) is 12.8 Å². The van der Waals surface area contributed by atoms with Crippen molar-refractivity contribution in [3.63, 3.8) is 0 Å². The number of methoxy groups -OCH3 is 1. The Labute approximate surface area is 93.5 Å². The van der Waals surface area contributed by atoms with Crippen LogP contribution >= 0.6 is 0 Å². The highest BCUT2D eigenvalue weighted by molar-refractivity contribution is 4.92. The molecule has 1 saturated carbocycles. The molecule has 0 aromatic rings. The molecule has 0 aromatic carbocycles. The molecule has 1 unspecified atom stereocenters. The van der Waals surface area contributed by atoms with Crippen LogP contribution in [0.2, 0.25) is 0 Å². The third kappa shape index (κ3) is 3.44. The molecule has 1 aliphatic rings. The monoisotopic (exact) mass is 215 g/mol. The van der Waals surface area contributed by atoms with Gasteiger partial charge in [0.2, 0.25) is 0 Å². The van der Waals surface area contributed by atoms with E-state index in [1.165, 1.54) is 25.7 Å². The summed E-state index contributed by atoms with van der Waals surface area (Å²) < 4.78 is 10.7. The number of hydrogen-bond acceptors (Lipinski definition) is 3. The van der Waals surface area contributed by atoms with E-state index in [0.717, 1.165) is 6.61 Å². The molecule has 1 aliphatic carbocycles. The molecule has 0 spiro atoms. The van der Waals surface area contributed by atoms with E-state index in [0.29, 0.717) is 24.7 Å². The Bertz CT molecular complexity index is 167. The van der Waals surface area contributed by atoms with Crippen molar-refractivity contribution in [1.82, 2.24) is 5.32 Å². The fourth-order valence-corrected chi connectivity index (χ4v) is 2.51. The number of nitrogens with one attached hydrogen (secondary N) is 1. The minimum Gasteiger partial charge on any atom is -0.382 e. The molecule has 0 aromatic heterocycles. The Balaban J connectivity index is 2.36. The van der Waals surface area contributed by atoms with Crippen LogP contribution in [0.5, 0.6) is 0 Å². The van der Waals surface area contributed by atoms with E-state index in [4.69, 9.17) is 9.47 Å². The summed E-state index contributed by atoms with van der Waals surface area (Å²) >= 11 is 0. The summed E-state index contributed by atoms with van der Waals surface area (Å²) in [6, 6.07) is 0.544. The highest BCUT2D eigenvalue weighted by Crippen LogP contribution is 2.41. The first-order chi connectivity index (χ1) is 7.25. The first kappa shape index (κ1) is 12.9. The van der Waals surface area contributed by atoms with E-state index in [1.807, 2.05) is 7.05 Å². The third-order valence-electron chi connectivity index (χ3n) is 3.77. The second-order valence-electron chi connectivity index (χ2n) is 4.63. The lowest BCUT2D eigenvalue weighted by molar-refractivity contribution is 0.00435. The molecule has 0 saturated heterocycles. The van der Waals surface area contributed by atoms with Gasteiger partial charge in [0.1, 0.15) is 0 Å². The summed E-state index contributed by atoms with van der Waals surface area (Å²) in [4.78, 5) is 0. The molecular weight excluding hydrogens is 190 g/mol. The molecule has 15 heavy (non-hydrogen) atoms. The summed E-state index contributed by atoms with van der Waals surface area (Å²) in [5.74, 6) is 0. The lowest BCUT2D eigenvalue weighted by atomic mass is 9.80. The van der Waals surface area contributed by atoms with E-state index in [9.17, 15) is 0 Å². The predicted octanol–water partition coefficient (Wildman–Crippen LogP) is 1.82. The fourth-order valence-electron chi connectivity index (χ4n) is 2.51. The molecule has 0 aliphatic heterocycles. The van der Waals surface area contributed by atoms with E-state index < -0.39 is 0 Å². The molecule has 3 heteroatoms. The maximum Gasteiger partial charge on any atom is 0.0700 e. The van der Waals surface area contributed by atoms with Crippen molar-refractivity contribution in [2.45, 2.75) is 38.6 Å². The second-order valence-corrected chi connectivity index (χ2v) is 4.63. The van der Waals surface area contributed by atoms with Crippen LogP contribution in [-0.4, -0.2) is 40.0 Å². The lowest BCUT2D eigenvalue weighted by Crippen LogP contribution is -2.43. The Morgan fingerprint density at radius 1 is 1.27 bits per heavy atom. The molecule has 1 N–H and O–H groups in total. The topological polar surface area (TPSA) is 30.5 Å². The van der Waals surface area contributed by atoms with E-state index in [-0.39, 0.29) is 0 Å². The molecule has 0 heterocycles. The average Bonchev–Trinajstić information content (AvgIpc) is 2.73. The SMILES string of the molecule is CNC(C)C1(COCCOC)CCCC1. The van der Waals surface area contributed by atoms with Gasteiger partial charge in [-0.3, -0.25) is 0 Å². The third-order valence-corrected chi connectivity index (χ3v) is 3.77. The molecule has 3 nitrogen and oxygen atoms in total. The van der Waals surface area contributed by atoms with Crippen LogP contribution in [0, 0.1) is 5.41 Å². The highest BCUT2D eigenvalue weighted by atomic mass is 16.5. The smallest absolute Gasteiger partial charge is 0.0700 e. The molecule has 1 rings (SSSR count). The van der Waals surface area contributed by atoms with Crippen LogP contribution in [0.4, 0.5) is 0 Å². The fraction of sp³-hybridized carbons (Fsp3) is 1.00. The summed E-state index contributed by atoms with van der Waals surface area (Å²) in [6.45, 7) is 4.56. The highest BCUT2D eigenvalue weighted by Gasteiger charge is 2.38. The van der Waals surface area contributed by atoms with E-state index >= 15 is 0 Å². The summed E-state index contributed by atoms with van der Waals surface area (Å²) in [5.41, 5.74) is 0.364. The zero-order valence-corrected chi connectivity index (χ0v) is 10.3. The van der Waals surface area contributed by atoms with Gasteiger partial charge >= 0.3 is 0 Å². The molecule has 0 bridgehead atoms. The van der Waals surface area contributed by atoms with Gasteiger partial charge in [0, 0.05) is 18.6 Å². The summed E-state index contributed by atoms with van der Waals surface area (Å²) in [6.07, 6.45) is 5.28. The van der Waals surface area contributed by atoms with Crippen LogP contribution in [0.3, 0.4) is 0 Å².